The second-order valence-electron chi connectivity index (χ2n) is 5.72. The van der Waals surface area contributed by atoms with E-state index < -0.39 is 0 Å². The van der Waals surface area contributed by atoms with Gasteiger partial charge in [0.25, 0.3) is 0 Å². The van der Waals surface area contributed by atoms with Gasteiger partial charge in [-0.3, -0.25) is 9.88 Å². The topological polar surface area (TPSA) is 45.4 Å². The minimum atomic E-state index is 0.441. The minimum absolute atomic E-state index is 0.441. The van der Waals surface area contributed by atoms with Gasteiger partial charge in [0.2, 0.25) is 0 Å². The maximum atomic E-state index is 5.90. The van der Waals surface area contributed by atoms with Crippen LogP contribution in [0.1, 0.15) is 30.8 Å². The molecule has 2 N–H and O–H groups in total. The number of aryl methyl sites for hydroxylation is 2. The smallest absolute Gasteiger partial charge is 0.107 e. The summed E-state index contributed by atoms with van der Waals surface area (Å²) in [4.78, 5) is 9.81. The third kappa shape index (κ3) is 3.10. The number of nitrogens with zero attached hydrogens (tertiary/aromatic N) is 3. The van der Waals surface area contributed by atoms with Crippen LogP contribution in [0, 0.1) is 13.8 Å². The van der Waals surface area contributed by atoms with Gasteiger partial charge in [-0.25, -0.2) is 0 Å². The molecule has 0 saturated carbocycles. The first-order valence-corrected chi connectivity index (χ1v) is 7.58. The first-order valence-electron chi connectivity index (χ1n) is 7.17. The molecule has 0 amide bonds. The summed E-state index contributed by atoms with van der Waals surface area (Å²) in [6, 6.07) is 2.71. The van der Waals surface area contributed by atoms with Crippen LogP contribution >= 0.6 is 12.2 Å². The summed E-state index contributed by atoms with van der Waals surface area (Å²) in [5.74, 6) is 0. The molecule has 0 bridgehead atoms. The van der Waals surface area contributed by atoms with Crippen molar-refractivity contribution in [2.75, 3.05) is 31.1 Å². The Bertz CT molecular complexity index is 505. The molecule has 1 aliphatic heterocycles. The molecule has 0 radical (unpaired) electrons. The Balaban J connectivity index is 2.27. The van der Waals surface area contributed by atoms with Crippen molar-refractivity contribution in [3.8, 4) is 0 Å². The highest BCUT2D eigenvalue weighted by molar-refractivity contribution is 7.80. The molecule has 0 atom stereocenters. The molecule has 0 unspecified atom stereocenters. The molecule has 1 aromatic rings. The van der Waals surface area contributed by atoms with E-state index in [4.69, 9.17) is 18.0 Å². The summed E-state index contributed by atoms with van der Waals surface area (Å²) < 4.78 is 0. The van der Waals surface area contributed by atoms with E-state index >= 15 is 0 Å². The van der Waals surface area contributed by atoms with Crippen molar-refractivity contribution in [1.82, 2.24) is 9.88 Å². The van der Waals surface area contributed by atoms with Crippen LogP contribution in [0.25, 0.3) is 0 Å². The fraction of sp³-hybridized carbons (Fsp3) is 0.600. The van der Waals surface area contributed by atoms with Crippen LogP contribution in [0.5, 0.6) is 0 Å². The monoisotopic (exact) mass is 292 g/mol. The van der Waals surface area contributed by atoms with Gasteiger partial charge in [-0.2, -0.15) is 0 Å². The van der Waals surface area contributed by atoms with E-state index in [0.717, 1.165) is 48.8 Å². The van der Waals surface area contributed by atoms with Crippen LogP contribution in [-0.2, 0) is 0 Å². The second-order valence-corrected chi connectivity index (χ2v) is 6.16. The Kier molecular flexibility index (Phi) is 4.60. The fourth-order valence-electron chi connectivity index (χ4n) is 2.84. The van der Waals surface area contributed by atoms with Crippen LogP contribution in [0.2, 0.25) is 0 Å². The van der Waals surface area contributed by atoms with Gasteiger partial charge in [0.05, 0.1) is 11.3 Å². The normalized spacial score (nSPS) is 16.8. The van der Waals surface area contributed by atoms with Crippen molar-refractivity contribution in [3.05, 3.63) is 23.0 Å². The zero-order valence-corrected chi connectivity index (χ0v) is 13.6. The lowest BCUT2D eigenvalue weighted by Crippen LogP contribution is -2.49. The first kappa shape index (κ1) is 15.2. The number of rotatable bonds is 3. The molecule has 1 saturated heterocycles. The highest BCUT2D eigenvalue weighted by Gasteiger charge is 2.22. The number of pyridine rings is 1. The van der Waals surface area contributed by atoms with Crippen LogP contribution in [0.15, 0.2) is 6.07 Å². The maximum Gasteiger partial charge on any atom is 0.107 e. The summed E-state index contributed by atoms with van der Waals surface area (Å²) in [5, 5.41) is 0. The Labute approximate surface area is 127 Å². The van der Waals surface area contributed by atoms with Gasteiger partial charge in [-0.15, -0.1) is 0 Å². The fourth-order valence-corrected chi connectivity index (χ4v) is 3.09. The van der Waals surface area contributed by atoms with Gasteiger partial charge in [-0.1, -0.05) is 12.2 Å². The minimum Gasteiger partial charge on any atom is -0.389 e. The Morgan fingerprint density at radius 3 is 2.35 bits per heavy atom. The lowest BCUT2D eigenvalue weighted by molar-refractivity contribution is 0.209. The van der Waals surface area contributed by atoms with E-state index in [-0.39, 0.29) is 0 Å². The lowest BCUT2D eigenvalue weighted by atomic mass is 10.1. The van der Waals surface area contributed by atoms with E-state index in [1.165, 1.54) is 0 Å². The predicted octanol–water partition coefficient (Wildman–Crippen LogP) is 1.86. The molecule has 5 heteroatoms. The quantitative estimate of drug-likeness (QED) is 0.862. The zero-order valence-electron chi connectivity index (χ0n) is 12.8. The average molecular weight is 292 g/mol. The number of nitrogens with two attached hydrogens (primary N) is 1. The molecule has 1 aromatic heterocycles. The molecule has 20 heavy (non-hydrogen) atoms. The summed E-state index contributed by atoms with van der Waals surface area (Å²) in [7, 11) is 0. The van der Waals surface area contributed by atoms with Crippen molar-refractivity contribution in [2.24, 2.45) is 5.73 Å². The molecule has 0 aromatic carbocycles. The zero-order chi connectivity index (χ0) is 14.9. The van der Waals surface area contributed by atoms with E-state index in [9.17, 15) is 0 Å². The van der Waals surface area contributed by atoms with E-state index in [0.29, 0.717) is 11.0 Å². The van der Waals surface area contributed by atoms with Crippen LogP contribution < -0.4 is 10.6 Å². The molecular formula is C15H24N4S. The van der Waals surface area contributed by atoms with Gasteiger partial charge >= 0.3 is 0 Å². The van der Waals surface area contributed by atoms with Crippen LogP contribution in [0.3, 0.4) is 0 Å². The molecule has 1 fully saturated rings. The molecule has 0 spiro atoms. The van der Waals surface area contributed by atoms with Gasteiger partial charge in [-0.05, 0) is 33.8 Å². The van der Waals surface area contributed by atoms with Crippen molar-refractivity contribution >= 4 is 22.9 Å². The highest BCUT2D eigenvalue weighted by atomic mass is 32.1. The summed E-state index contributed by atoms with van der Waals surface area (Å²) in [6.07, 6.45) is 0. The lowest BCUT2D eigenvalue weighted by Gasteiger charge is -2.39. The van der Waals surface area contributed by atoms with Crippen molar-refractivity contribution in [2.45, 2.75) is 33.7 Å². The van der Waals surface area contributed by atoms with Crippen LogP contribution in [-0.4, -0.2) is 47.1 Å². The first-order chi connectivity index (χ1) is 9.40. The van der Waals surface area contributed by atoms with Gasteiger partial charge in [0.15, 0.2) is 0 Å². The van der Waals surface area contributed by atoms with Crippen molar-refractivity contribution in [3.63, 3.8) is 0 Å². The number of aromatic nitrogens is 1. The molecule has 0 aliphatic carbocycles. The van der Waals surface area contributed by atoms with Gasteiger partial charge in [0.1, 0.15) is 4.99 Å². The molecule has 2 rings (SSSR count). The summed E-state index contributed by atoms with van der Waals surface area (Å²) in [5.41, 5.74) is 9.93. The standard InChI is InChI=1S/C15H24N4S/c1-10(2)18-5-7-19(8-6-18)13-9-11(3)17-12(4)14(13)15(16)20/h9-10H,5-8H2,1-4H3,(H2,16,20). The van der Waals surface area contributed by atoms with Crippen molar-refractivity contribution < 1.29 is 0 Å². The Morgan fingerprint density at radius 1 is 1.25 bits per heavy atom. The highest BCUT2D eigenvalue weighted by Crippen LogP contribution is 2.25. The Hall–Kier alpha value is -1.20. The second kappa shape index (κ2) is 6.06. The van der Waals surface area contributed by atoms with E-state index in [1.807, 2.05) is 13.8 Å². The SMILES string of the molecule is Cc1cc(N2CCN(C(C)C)CC2)c(C(N)=S)c(C)n1. The van der Waals surface area contributed by atoms with E-state index in [2.05, 4.69) is 34.7 Å². The maximum absolute atomic E-state index is 5.90. The molecular weight excluding hydrogens is 268 g/mol. The summed E-state index contributed by atoms with van der Waals surface area (Å²) >= 11 is 5.22. The number of anilines is 1. The molecule has 1 aliphatic rings. The third-order valence-corrected chi connectivity index (χ3v) is 4.14. The van der Waals surface area contributed by atoms with Gasteiger partial charge in [0, 0.05) is 43.6 Å². The molecule has 4 nitrogen and oxygen atoms in total. The summed E-state index contributed by atoms with van der Waals surface area (Å²) in [6.45, 7) is 12.7. The number of piperazine rings is 1. The molecule has 2 heterocycles. The number of thiocarbonyl (C=S) groups is 1. The number of hydrogen-bond acceptors (Lipinski definition) is 4. The average Bonchev–Trinajstić information content (AvgIpc) is 2.37. The van der Waals surface area contributed by atoms with E-state index in [1.54, 1.807) is 0 Å². The Morgan fingerprint density at radius 2 is 1.85 bits per heavy atom. The van der Waals surface area contributed by atoms with Gasteiger partial charge < -0.3 is 10.6 Å². The third-order valence-electron chi connectivity index (χ3n) is 3.94. The predicted molar refractivity (Wildman–Crippen MR) is 88.5 cm³/mol. The largest absolute Gasteiger partial charge is 0.389 e. The van der Waals surface area contributed by atoms with Crippen molar-refractivity contribution in [1.29, 1.82) is 0 Å². The van der Waals surface area contributed by atoms with Crippen LogP contribution in [0.4, 0.5) is 5.69 Å². The molecule has 110 valence electrons. The number of hydrogen-bond donors (Lipinski definition) is 1.